The Labute approximate surface area is 177 Å². The summed E-state index contributed by atoms with van der Waals surface area (Å²) in [7, 11) is 8.25. The van der Waals surface area contributed by atoms with Crippen LogP contribution in [0.5, 0.6) is 11.5 Å². The number of para-hydroxylation sites is 1. The van der Waals surface area contributed by atoms with Crippen LogP contribution in [0.3, 0.4) is 0 Å². The smallest absolute Gasteiger partial charge is 0.319 e. The van der Waals surface area contributed by atoms with Crippen LogP contribution in [-0.4, -0.2) is 64.8 Å². The van der Waals surface area contributed by atoms with E-state index in [1.807, 2.05) is 44.3 Å². The van der Waals surface area contributed by atoms with Gasteiger partial charge in [-0.05, 0) is 25.1 Å². The van der Waals surface area contributed by atoms with Gasteiger partial charge in [0.25, 0.3) is 5.91 Å². The minimum absolute atomic E-state index is 0.0615. The zero-order chi connectivity index (χ0) is 22.3. The first-order valence-electron chi connectivity index (χ1n) is 9.58. The molecule has 0 bridgehead atoms. The van der Waals surface area contributed by atoms with Gasteiger partial charge in [-0.1, -0.05) is 18.2 Å². The molecule has 0 fully saturated rings. The molecule has 8 nitrogen and oxygen atoms in total. The fraction of sp³-hybridized carbons (Fsp3) is 0.364. The lowest BCUT2D eigenvalue weighted by molar-refractivity contribution is 0.0828. The summed E-state index contributed by atoms with van der Waals surface area (Å²) in [5, 5.41) is 5.61. The fourth-order valence-corrected chi connectivity index (χ4v) is 2.86. The number of anilines is 2. The molecule has 30 heavy (non-hydrogen) atoms. The topological polar surface area (TPSA) is 83.1 Å². The normalized spacial score (nSPS) is 11.3. The molecule has 0 saturated heterocycles. The number of urea groups is 1. The summed E-state index contributed by atoms with van der Waals surface area (Å²) in [5.41, 5.74) is 1.71. The molecule has 162 valence electrons. The molecule has 3 amide bonds. The molecule has 0 heterocycles. The number of hydrogen-bond acceptors (Lipinski definition) is 5. The number of likely N-dealkylation sites (N-methyl/N-ethyl adjacent to an activating group) is 1. The molecule has 0 unspecified atom stereocenters. The van der Waals surface area contributed by atoms with Gasteiger partial charge in [-0.15, -0.1) is 0 Å². The van der Waals surface area contributed by atoms with Gasteiger partial charge in [-0.3, -0.25) is 4.79 Å². The maximum Gasteiger partial charge on any atom is 0.319 e. The predicted octanol–water partition coefficient (Wildman–Crippen LogP) is 3.05. The van der Waals surface area contributed by atoms with E-state index in [4.69, 9.17) is 9.47 Å². The number of hydrogen-bond donors (Lipinski definition) is 2. The van der Waals surface area contributed by atoms with Crippen molar-refractivity contribution in [3.63, 3.8) is 0 Å². The molecule has 2 aromatic carbocycles. The van der Waals surface area contributed by atoms with Crippen LogP contribution in [0.4, 0.5) is 16.2 Å². The number of amides is 3. The van der Waals surface area contributed by atoms with Gasteiger partial charge < -0.3 is 29.9 Å². The monoisotopic (exact) mass is 414 g/mol. The Hall–Kier alpha value is -3.42. The lowest BCUT2D eigenvalue weighted by atomic mass is 10.1. The number of benzene rings is 2. The van der Waals surface area contributed by atoms with Gasteiger partial charge in [-0.2, -0.15) is 0 Å². The number of nitrogens with zero attached hydrogens (tertiary/aromatic N) is 2. The Kier molecular flexibility index (Phi) is 7.91. The lowest BCUT2D eigenvalue weighted by Gasteiger charge is -2.27. The van der Waals surface area contributed by atoms with Crippen LogP contribution in [0.1, 0.15) is 17.3 Å². The van der Waals surface area contributed by atoms with E-state index in [9.17, 15) is 9.59 Å². The van der Waals surface area contributed by atoms with Crippen LogP contribution in [0.2, 0.25) is 0 Å². The molecule has 2 N–H and O–H groups in total. The molecule has 0 aliphatic carbocycles. The third-order valence-corrected chi connectivity index (χ3v) is 4.79. The first-order valence-corrected chi connectivity index (χ1v) is 9.58. The Balaban J connectivity index is 2.12. The Morgan fingerprint density at radius 2 is 1.60 bits per heavy atom. The SMILES string of the molecule is COc1cc(NC(=O)NC[C@@H](C)N(C)c2ccccc2)c(C(=O)N(C)C)cc1OC. The molecule has 0 aliphatic heterocycles. The molecular formula is C22H30N4O4. The lowest BCUT2D eigenvalue weighted by Crippen LogP contribution is -2.42. The zero-order valence-electron chi connectivity index (χ0n) is 18.4. The average molecular weight is 415 g/mol. The highest BCUT2D eigenvalue weighted by Gasteiger charge is 2.20. The Morgan fingerprint density at radius 3 is 2.17 bits per heavy atom. The van der Waals surface area contributed by atoms with E-state index in [-0.39, 0.29) is 11.9 Å². The second-order valence-corrected chi connectivity index (χ2v) is 7.08. The van der Waals surface area contributed by atoms with Crippen molar-refractivity contribution in [2.45, 2.75) is 13.0 Å². The van der Waals surface area contributed by atoms with Crippen LogP contribution >= 0.6 is 0 Å². The second-order valence-electron chi connectivity index (χ2n) is 7.08. The molecule has 0 aromatic heterocycles. The van der Waals surface area contributed by atoms with Crippen LogP contribution in [0.25, 0.3) is 0 Å². The van der Waals surface area contributed by atoms with Crippen molar-refractivity contribution in [3.8, 4) is 11.5 Å². The highest BCUT2D eigenvalue weighted by Crippen LogP contribution is 2.33. The van der Waals surface area contributed by atoms with Crippen LogP contribution < -0.4 is 25.0 Å². The van der Waals surface area contributed by atoms with E-state index in [1.165, 1.54) is 19.1 Å². The van der Waals surface area contributed by atoms with Gasteiger partial charge in [0.15, 0.2) is 11.5 Å². The van der Waals surface area contributed by atoms with Gasteiger partial charge in [0.2, 0.25) is 0 Å². The molecule has 2 rings (SSSR count). The van der Waals surface area contributed by atoms with E-state index >= 15 is 0 Å². The predicted molar refractivity (Wildman–Crippen MR) is 119 cm³/mol. The summed E-state index contributed by atoms with van der Waals surface area (Å²) in [6.45, 7) is 2.44. The number of carbonyl (C=O) groups excluding carboxylic acids is 2. The van der Waals surface area contributed by atoms with Crippen LogP contribution in [0, 0.1) is 0 Å². The Bertz CT molecular complexity index is 871. The average Bonchev–Trinajstić information content (AvgIpc) is 2.76. The van der Waals surface area contributed by atoms with Gasteiger partial charge in [-0.25, -0.2) is 4.79 Å². The van der Waals surface area contributed by atoms with E-state index in [2.05, 4.69) is 15.5 Å². The zero-order valence-corrected chi connectivity index (χ0v) is 18.4. The largest absolute Gasteiger partial charge is 0.493 e. The minimum Gasteiger partial charge on any atom is -0.493 e. The second kappa shape index (κ2) is 10.4. The highest BCUT2D eigenvalue weighted by atomic mass is 16.5. The molecule has 0 spiro atoms. The Morgan fingerprint density at radius 1 is 1.00 bits per heavy atom. The minimum atomic E-state index is -0.414. The summed E-state index contributed by atoms with van der Waals surface area (Å²) in [6, 6.07) is 12.7. The molecule has 8 heteroatoms. The van der Waals surface area contributed by atoms with Crippen molar-refractivity contribution in [2.75, 3.05) is 52.1 Å². The molecule has 1 atom stereocenters. The number of carbonyl (C=O) groups is 2. The number of ether oxygens (including phenoxy) is 2. The van der Waals surface area contributed by atoms with Crippen LogP contribution in [0.15, 0.2) is 42.5 Å². The molecule has 0 saturated carbocycles. The highest BCUT2D eigenvalue weighted by molar-refractivity contribution is 6.04. The van der Waals surface area contributed by atoms with Gasteiger partial charge in [0.1, 0.15) is 0 Å². The number of methoxy groups -OCH3 is 2. The molecular weight excluding hydrogens is 384 g/mol. The van der Waals surface area contributed by atoms with E-state index in [1.54, 1.807) is 26.2 Å². The summed E-state index contributed by atoms with van der Waals surface area (Å²) < 4.78 is 10.6. The maximum atomic E-state index is 12.6. The molecule has 0 aliphatic rings. The van der Waals surface area contributed by atoms with Gasteiger partial charge in [0, 0.05) is 45.5 Å². The summed E-state index contributed by atoms with van der Waals surface area (Å²) >= 11 is 0. The fourth-order valence-electron chi connectivity index (χ4n) is 2.86. The first-order chi connectivity index (χ1) is 14.3. The van der Waals surface area contributed by atoms with Crippen LogP contribution in [-0.2, 0) is 0 Å². The van der Waals surface area contributed by atoms with E-state index < -0.39 is 6.03 Å². The maximum absolute atomic E-state index is 12.6. The van der Waals surface area contributed by atoms with Crippen molar-refractivity contribution >= 4 is 23.3 Å². The summed E-state index contributed by atoms with van der Waals surface area (Å²) in [4.78, 5) is 28.6. The third kappa shape index (κ3) is 5.56. The van der Waals surface area contributed by atoms with Crippen molar-refractivity contribution in [2.24, 2.45) is 0 Å². The van der Waals surface area contributed by atoms with Crippen molar-refractivity contribution in [1.29, 1.82) is 0 Å². The quantitative estimate of drug-likeness (QED) is 0.694. The first kappa shape index (κ1) is 22.9. The summed E-state index contributed by atoms with van der Waals surface area (Å²) in [6.07, 6.45) is 0. The van der Waals surface area contributed by atoms with Crippen molar-refractivity contribution in [1.82, 2.24) is 10.2 Å². The van der Waals surface area contributed by atoms with Gasteiger partial charge >= 0.3 is 6.03 Å². The van der Waals surface area contributed by atoms with E-state index in [0.29, 0.717) is 29.3 Å². The number of nitrogens with one attached hydrogen (secondary N) is 2. The summed E-state index contributed by atoms with van der Waals surface area (Å²) in [5.74, 6) is 0.565. The van der Waals surface area contributed by atoms with Crippen molar-refractivity contribution < 1.29 is 19.1 Å². The standard InChI is InChI=1S/C22H30N4O4/c1-15(26(4)16-10-8-7-9-11-16)14-23-22(28)24-18-13-20(30-6)19(29-5)12-17(18)21(27)25(2)3/h7-13,15H,14H2,1-6H3,(H2,23,24,28)/t15-/m1/s1. The number of rotatable bonds is 8. The third-order valence-electron chi connectivity index (χ3n) is 4.79. The van der Waals surface area contributed by atoms with Gasteiger partial charge in [0.05, 0.1) is 25.5 Å². The molecule has 0 radical (unpaired) electrons. The van der Waals surface area contributed by atoms with Crippen molar-refractivity contribution in [3.05, 3.63) is 48.0 Å². The molecule has 2 aromatic rings. The van der Waals surface area contributed by atoms with E-state index in [0.717, 1.165) is 5.69 Å².